The van der Waals surface area contributed by atoms with Crippen molar-refractivity contribution >= 4 is 5.71 Å². The molecule has 15 heavy (non-hydrogen) atoms. The minimum Gasteiger partial charge on any atom is -0.373 e. The number of rotatable bonds is 2. The van der Waals surface area contributed by atoms with Gasteiger partial charge in [0.05, 0.1) is 0 Å². The molecule has 0 radical (unpaired) electrons. The Kier molecular flexibility index (Phi) is 3.62. The molecule has 0 rings (SSSR count). The number of hydrogen-bond donors (Lipinski definition) is 2. The minimum absolute atomic E-state index is 0.660. The van der Waals surface area contributed by atoms with E-state index >= 15 is 0 Å². The molecule has 0 aromatic carbocycles. The summed E-state index contributed by atoms with van der Waals surface area (Å²) in [6.45, 7) is 0.850. The van der Waals surface area contributed by atoms with Gasteiger partial charge in [-0.1, -0.05) is 0 Å². The van der Waals surface area contributed by atoms with Crippen molar-refractivity contribution in [3.8, 4) is 0 Å². The predicted octanol–water partition coefficient (Wildman–Crippen LogP) is 1.57. The Labute approximate surface area is 80.6 Å². The zero-order valence-corrected chi connectivity index (χ0v) is 7.45. The molecule has 0 atom stereocenters. The van der Waals surface area contributed by atoms with E-state index in [1.165, 1.54) is 0 Å². The molecule has 90 valence electrons. The number of hydrazone groups is 1. The first-order valence-corrected chi connectivity index (χ1v) is 3.55. The smallest absolute Gasteiger partial charge is 0.373 e. The van der Waals surface area contributed by atoms with E-state index in [4.69, 9.17) is 5.11 Å². The molecule has 0 aromatic heterocycles. The molecule has 0 saturated heterocycles. The lowest BCUT2D eigenvalue weighted by Crippen LogP contribution is -2.57. The number of hydrogen-bond acceptors (Lipinski definition) is 3. The van der Waals surface area contributed by atoms with E-state index in [9.17, 15) is 26.3 Å². The van der Waals surface area contributed by atoms with E-state index in [0.717, 1.165) is 6.92 Å². The van der Waals surface area contributed by atoms with Crippen LogP contribution in [0.3, 0.4) is 0 Å². The summed E-state index contributed by atoms with van der Waals surface area (Å²) in [4.78, 5) is 0. The van der Waals surface area contributed by atoms with Crippen LogP contribution in [0.25, 0.3) is 0 Å². The summed E-state index contributed by atoms with van der Waals surface area (Å²) in [7, 11) is 0. The summed E-state index contributed by atoms with van der Waals surface area (Å²) in [5.41, 5.74) is -5.47. The van der Waals surface area contributed by atoms with Crippen molar-refractivity contribution < 1.29 is 31.4 Å². The molecule has 0 fully saturated rings. The molecule has 3 nitrogen and oxygen atoms in total. The molecule has 0 aliphatic heterocycles. The Morgan fingerprint density at radius 2 is 1.47 bits per heavy atom. The van der Waals surface area contributed by atoms with Crippen molar-refractivity contribution in [3.63, 3.8) is 0 Å². The first-order chi connectivity index (χ1) is 6.45. The number of nitrogens with zero attached hydrogens (tertiary/aromatic N) is 1. The Morgan fingerprint density at radius 1 is 1.13 bits per heavy atom. The van der Waals surface area contributed by atoms with Gasteiger partial charge < -0.3 is 10.9 Å². The van der Waals surface area contributed by atoms with Crippen LogP contribution in [-0.4, -0.2) is 28.8 Å². The summed E-state index contributed by atoms with van der Waals surface area (Å²) < 4.78 is 72.2. The van der Waals surface area contributed by atoms with Gasteiger partial charge in [0.25, 0.3) is 5.60 Å². The fraction of sp³-hybridized carbons (Fsp3) is 0.833. The van der Waals surface area contributed by atoms with Crippen molar-refractivity contribution in [2.75, 3.05) is 0 Å². The molecule has 9 heteroatoms. The lowest BCUT2D eigenvalue weighted by molar-refractivity contribution is -0.365. The fourth-order valence-electron chi connectivity index (χ4n) is 0.777. The van der Waals surface area contributed by atoms with Crippen LogP contribution in [0.15, 0.2) is 5.10 Å². The van der Waals surface area contributed by atoms with Crippen LogP contribution >= 0.6 is 0 Å². The van der Waals surface area contributed by atoms with Gasteiger partial charge in [-0.05, 0) is 6.92 Å². The van der Waals surface area contributed by atoms with Crippen LogP contribution in [0.5, 0.6) is 0 Å². The van der Waals surface area contributed by atoms with Crippen LogP contribution in [0.4, 0.5) is 26.3 Å². The second kappa shape index (κ2) is 3.87. The summed E-state index contributed by atoms with van der Waals surface area (Å²) in [6.07, 6.45) is -13.4. The quantitative estimate of drug-likeness (QED) is 0.332. The standard InChI is InChI=1S/C6H8F6N2O/c1-3(14-13)2-4(15,5(7,8)9)6(10,11)12/h15H,2,13H2,1H3/b14-3+. The highest BCUT2D eigenvalue weighted by atomic mass is 19.4. The van der Waals surface area contributed by atoms with Gasteiger partial charge in [-0.2, -0.15) is 31.4 Å². The topological polar surface area (TPSA) is 58.6 Å². The molecular formula is C6H8F6N2O. The maximum Gasteiger partial charge on any atom is 0.426 e. The van der Waals surface area contributed by atoms with Crippen molar-refractivity contribution in [2.45, 2.75) is 31.3 Å². The van der Waals surface area contributed by atoms with Gasteiger partial charge in [-0.25, -0.2) is 0 Å². The molecular weight excluding hydrogens is 230 g/mol. The van der Waals surface area contributed by atoms with E-state index in [1.54, 1.807) is 0 Å². The largest absolute Gasteiger partial charge is 0.426 e. The maximum atomic E-state index is 12.0. The first kappa shape index (κ1) is 14.0. The van der Waals surface area contributed by atoms with Crippen molar-refractivity contribution in [1.82, 2.24) is 0 Å². The van der Waals surface area contributed by atoms with Crippen LogP contribution in [0, 0.1) is 0 Å². The zero-order valence-electron chi connectivity index (χ0n) is 7.45. The fourth-order valence-corrected chi connectivity index (χ4v) is 0.777. The average molecular weight is 238 g/mol. The molecule has 0 aliphatic rings. The molecule has 0 heterocycles. The van der Waals surface area contributed by atoms with Crippen LogP contribution < -0.4 is 5.84 Å². The van der Waals surface area contributed by atoms with Crippen LogP contribution in [-0.2, 0) is 0 Å². The Bertz CT molecular complexity index is 241. The first-order valence-electron chi connectivity index (χ1n) is 3.55. The molecule has 0 saturated carbocycles. The Morgan fingerprint density at radius 3 is 1.67 bits per heavy atom. The molecule has 3 N–H and O–H groups in total. The van der Waals surface area contributed by atoms with E-state index in [-0.39, 0.29) is 0 Å². The molecule has 0 bridgehead atoms. The summed E-state index contributed by atoms with van der Waals surface area (Å²) >= 11 is 0. The van der Waals surface area contributed by atoms with Crippen molar-refractivity contribution in [2.24, 2.45) is 10.9 Å². The maximum absolute atomic E-state index is 12.0. The zero-order chi connectivity index (χ0) is 12.5. The normalized spacial score (nSPS) is 15.6. The van der Waals surface area contributed by atoms with Gasteiger partial charge >= 0.3 is 12.4 Å². The van der Waals surface area contributed by atoms with Crippen LogP contribution in [0.2, 0.25) is 0 Å². The summed E-state index contributed by atoms with van der Waals surface area (Å²) in [6, 6.07) is 0. The van der Waals surface area contributed by atoms with Gasteiger partial charge in [0.1, 0.15) is 0 Å². The highest BCUT2D eigenvalue weighted by molar-refractivity contribution is 5.82. The molecule has 0 unspecified atom stereocenters. The predicted molar refractivity (Wildman–Crippen MR) is 39.0 cm³/mol. The number of aliphatic hydroxyl groups is 1. The lowest BCUT2D eigenvalue weighted by atomic mass is 9.95. The highest BCUT2D eigenvalue weighted by Crippen LogP contribution is 2.45. The molecule has 0 aliphatic carbocycles. The molecule has 0 amide bonds. The second-order valence-corrected chi connectivity index (χ2v) is 2.90. The van der Waals surface area contributed by atoms with Gasteiger partial charge in [-0.3, -0.25) is 0 Å². The highest BCUT2D eigenvalue weighted by Gasteiger charge is 2.70. The second-order valence-electron chi connectivity index (χ2n) is 2.90. The van der Waals surface area contributed by atoms with Gasteiger partial charge in [0, 0.05) is 12.1 Å². The van der Waals surface area contributed by atoms with E-state index in [2.05, 4.69) is 10.9 Å². The molecule has 0 spiro atoms. The third-order valence-corrected chi connectivity index (χ3v) is 1.67. The molecule has 0 aromatic rings. The van der Waals surface area contributed by atoms with Gasteiger partial charge in [0.2, 0.25) is 0 Å². The Balaban J connectivity index is 5.25. The van der Waals surface area contributed by atoms with Crippen molar-refractivity contribution in [1.29, 1.82) is 0 Å². The van der Waals surface area contributed by atoms with E-state index in [0.29, 0.717) is 0 Å². The van der Waals surface area contributed by atoms with E-state index in [1.807, 2.05) is 0 Å². The minimum atomic E-state index is -5.84. The third-order valence-electron chi connectivity index (χ3n) is 1.67. The monoisotopic (exact) mass is 238 g/mol. The SMILES string of the molecule is C/C(CC(O)(C(F)(F)F)C(F)(F)F)=N\N. The third kappa shape index (κ3) is 2.74. The number of alkyl halides is 6. The summed E-state index contributed by atoms with van der Waals surface area (Å²) in [5.74, 6) is 4.51. The number of nitrogens with two attached hydrogens (primary N) is 1. The summed E-state index contributed by atoms with van der Waals surface area (Å²) in [5, 5.41) is 11.3. The van der Waals surface area contributed by atoms with Gasteiger partial charge in [0.15, 0.2) is 0 Å². The van der Waals surface area contributed by atoms with Crippen molar-refractivity contribution in [3.05, 3.63) is 0 Å². The van der Waals surface area contributed by atoms with Crippen LogP contribution in [0.1, 0.15) is 13.3 Å². The number of halogens is 6. The van der Waals surface area contributed by atoms with E-state index < -0.39 is 30.1 Å². The van der Waals surface area contributed by atoms with Gasteiger partial charge in [-0.15, -0.1) is 0 Å². The average Bonchev–Trinajstić information content (AvgIpc) is 1.99. The Hall–Kier alpha value is -0.990. The lowest BCUT2D eigenvalue weighted by Gasteiger charge is -2.31.